The highest BCUT2D eigenvalue weighted by Gasteiger charge is 2.08. The molecule has 2 aromatic heterocycles. The number of fused-ring (bicyclic) bond motifs is 1. The molecular formula is C8H7FN2O. The molecule has 0 bridgehead atoms. The van der Waals surface area contributed by atoms with Gasteiger partial charge >= 0.3 is 0 Å². The van der Waals surface area contributed by atoms with E-state index in [-0.39, 0.29) is 5.82 Å². The van der Waals surface area contributed by atoms with Gasteiger partial charge in [0.05, 0.1) is 18.0 Å². The zero-order valence-electron chi connectivity index (χ0n) is 6.47. The highest BCUT2D eigenvalue weighted by molar-refractivity contribution is 5.84. The van der Waals surface area contributed by atoms with E-state index in [4.69, 9.17) is 4.74 Å². The molecule has 0 saturated heterocycles. The Labute approximate surface area is 68.2 Å². The van der Waals surface area contributed by atoms with Crippen molar-refractivity contribution in [1.82, 2.24) is 9.97 Å². The molecule has 4 heteroatoms. The van der Waals surface area contributed by atoms with Gasteiger partial charge in [0.1, 0.15) is 0 Å². The summed E-state index contributed by atoms with van der Waals surface area (Å²) in [5.74, 6) is -0.0267. The fourth-order valence-corrected chi connectivity index (χ4v) is 1.16. The number of halogens is 1. The van der Waals surface area contributed by atoms with E-state index in [1.54, 1.807) is 12.3 Å². The predicted molar refractivity (Wildman–Crippen MR) is 42.6 cm³/mol. The standard InChI is InChI=1S/C8H7FN2O/c1-12-8-7-5(9)4-11-6(7)2-3-10-8/h2-4,11H,1H3. The Morgan fingerprint density at radius 1 is 1.58 bits per heavy atom. The molecule has 0 aromatic carbocycles. The Balaban J connectivity index is 2.84. The van der Waals surface area contributed by atoms with Gasteiger partial charge in [0, 0.05) is 12.4 Å². The summed E-state index contributed by atoms with van der Waals surface area (Å²) >= 11 is 0. The molecule has 0 spiro atoms. The molecule has 0 aliphatic rings. The lowest BCUT2D eigenvalue weighted by Crippen LogP contribution is -1.87. The summed E-state index contributed by atoms with van der Waals surface area (Å²) in [5, 5.41) is 0.403. The van der Waals surface area contributed by atoms with Crippen LogP contribution >= 0.6 is 0 Å². The van der Waals surface area contributed by atoms with Gasteiger partial charge in [-0.1, -0.05) is 0 Å². The van der Waals surface area contributed by atoms with Gasteiger partial charge in [0.2, 0.25) is 5.88 Å². The number of nitrogens with one attached hydrogen (secondary N) is 1. The maximum absolute atomic E-state index is 13.0. The summed E-state index contributed by atoms with van der Waals surface area (Å²) in [6.07, 6.45) is 2.85. The van der Waals surface area contributed by atoms with Crippen molar-refractivity contribution in [2.45, 2.75) is 0 Å². The first-order valence-electron chi connectivity index (χ1n) is 3.48. The highest BCUT2D eigenvalue weighted by Crippen LogP contribution is 2.24. The molecule has 0 unspecified atom stereocenters. The van der Waals surface area contributed by atoms with Crippen LogP contribution in [0.4, 0.5) is 4.39 Å². The van der Waals surface area contributed by atoms with Crippen molar-refractivity contribution in [1.29, 1.82) is 0 Å². The van der Waals surface area contributed by atoms with Gasteiger partial charge in [-0.2, -0.15) is 0 Å². The van der Waals surface area contributed by atoms with Crippen LogP contribution in [0.2, 0.25) is 0 Å². The molecule has 2 rings (SSSR count). The van der Waals surface area contributed by atoms with Crippen molar-refractivity contribution in [2.24, 2.45) is 0 Å². The van der Waals surface area contributed by atoms with E-state index >= 15 is 0 Å². The smallest absolute Gasteiger partial charge is 0.225 e. The molecule has 2 aromatic rings. The molecule has 0 atom stereocenters. The van der Waals surface area contributed by atoms with Gasteiger partial charge in [-0.15, -0.1) is 0 Å². The maximum atomic E-state index is 13.0. The second kappa shape index (κ2) is 2.48. The fourth-order valence-electron chi connectivity index (χ4n) is 1.16. The van der Waals surface area contributed by atoms with Crippen LogP contribution in [0.3, 0.4) is 0 Å². The number of H-pyrrole nitrogens is 1. The number of methoxy groups -OCH3 is 1. The van der Waals surface area contributed by atoms with Crippen molar-refractivity contribution in [3.63, 3.8) is 0 Å². The molecule has 0 saturated carbocycles. The monoisotopic (exact) mass is 166 g/mol. The fraction of sp³-hybridized carbons (Fsp3) is 0.125. The van der Waals surface area contributed by atoms with Gasteiger partial charge in [0.25, 0.3) is 0 Å². The van der Waals surface area contributed by atoms with Crippen molar-refractivity contribution in [3.8, 4) is 5.88 Å². The highest BCUT2D eigenvalue weighted by atomic mass is 19.1. The minimum absolute atomic E-state index is 0.311. The molecule has 0 aliphatic carbocycles. The molecule has 62 valence electrons. The second-order valence-electron chi connectivity index (χ2n) is 2.38. The SMILES string of the molecule is COc1nccc2[nH]cc(F)c12. The van der Waals surface area contributed by atoms with Gasteiger partial charge in [0.15, 0.2) is 5.82 Å². The number of rotatable bonds is 1. The van der Waals surface area contributed by atoms with Gasteiger partial charge in [-0.3, -0.25) is 0 Å². The van der Waals surface area contributed by atoms with Gasteiger partial charge < -0.3 is 9.72 Å². The average Bonchev–Trinajstić information content (AvgIpc) is 2.48. The van der Waals surface area contributed by atoms with E-state index in [0.29, 0.717) is 16.8 Å². The molecule has 0 fully saturated rings. The third-order valence-electron chi connectivity index (χ3n) is 1.70. The van der Waals surface area contributed by atoms with Crippen LogP contribution in [-0.2, 0) is 0 Å². The molecular weight excluding hydrogens is 159 g/mol. The third kappa shape index (κ3) is 0.845. The number of ether oxygens (including phenoxy) is 1. The topological polar surface area (TPSA) is 37.9 Å². The minimum Gasteiger partial charge on any atom is -0.480 e. The van der Waals surface area contributed by atoms with E-state index < -0.39 is 0 Å². The van der Waals surface area contributed by atoms with Crippen LogP contribution in [0.25, 0.3) is 10.9 Å². The first kappa shape index (κ1) is 7.09. The van der Waals surface area contributed by atoms with E-state index in [0.717, 1.165) is 0 Å². The lowest BCUT2D eigenvalue weighted by atomic mass is 10.3. The second-order valence-corrected chi connectivity index (χ2v) is 2.38. The van der Waals surface area contributed by atoms with Crippen molar-refractivity contribution < 1.29 is 9.13 Å². The zero-order chi connectivity index (χ0) is 8.55. The van der Waals surface area contributed by atoms with Crippen LogP contribution in [0.15, 0.2) is 18.5 Å². The van der Waals surface area contributed by atoms with E-state index in [9.17, 15) is 4.39 Å². The van der Waals surface area contributed by atoms with Gasteiger partial charge in [-0.05, 0) is 6.07 Å². The summed E-state index contributed by atoms with van der Waals surface area (Å²) in [7, 11) is 1.47. The predicted octanol–water partition coefficient (Wildman–Crippen LogP) is 1.71. The Hall–Kier alpha value is -1.58. The number of hydrogen-bond donors (Lipinski definition) is 1. The quantitative estimate of drug-likeness (QED) is 0.700. The first-order valence-corrected chi connectivity index (χ1v) is 3.48. The van der Waals surface area contributed by atoms with Gasteiger partial charge in [-0.25, -0.2) is 9.37 Å². The zero-order valence-corrected chi connectivity index (χ0v) is 6.47. The molecule has 1 N–H and O–H groups in total. The molecule has 12 heavy (non-hydrogen) atoms. The molecule has 0 radical (unpaired) electrons. The molecule has 0 amide bonds. The third-order valence-corrected chi connectivity index (χ3v) is 1.70. The Morgan fingerprint density at radius 2 is 2.42 bits per heavy atom. The first-order chi connectivity index (χ1) is 5.83. The Kier molecular flexibility index (Phi) is 1.46. The average molecular weight is 166 g/mol. The molecule has 3 nitrogen and oxygen atoms in total. The largest absolute Gasteiger partial charge is 0.480 e. The number of hydrogen-bond acceptors (Lipinski definition) is 2. The lowest BCUT2D eigenvalue weighted by Gasteiger charge is -1.98. The summed E-state index contributed by atoms with van der Waals surface area (Å²) in [5.41, 5.74) is 0.694. The van der Waals surface area contributed by atoms with Crippen LogP contribution in [0, 0.1) is 5.82 Å². The normalized spacial score (nSPS) is 10.5. The lowest BCUT2D eigenvalue weighted by molar-refractivity contribution is 0.402. The number of nitrogens with zero attached hydrogens (tertiary/aromatic N) is 1. The van der Waals surface area contributed by atoms with Crippen LogP contribution in [0.1, 0.15) is 0 Å². The summed E-state index contributed by atoms with van der Waals surface area (Å²) in [6, 6.07) is 1.70. The van der Waals surface area contributed by atoms with E-state index in [1.807, 2.05) is 0 Å². The van der Waals surface area contributed by atoms with Crippen molar-refractivity contribution >= 4 is 10.9 Å². The van der Waals surface area contributed by atoms with Crippen LogP contribution in [0.5, 0.6) is 5.88 Å². The Morgan fingerprint density at radius 3 is 3.17 bits per heavy atom. The maximum Gasteiger partial charge on any atom is 0.225 e. The molecule has 2 heterocycles. The summed E-state index contributed by atoms with van der Waals surface area (Å²) in [6.45, 7) is 0. The summed E-state index contributed by atoms with van der Waals surface area (Å²) in [4.78, 5) is 6.64. The Bertz CT molecular complexity index is 410. The van der Waals surface area contributed by atoms with E-state index in [1.165, 1.54) is 13.3 Å². The number of pyridine rings is 1. The number of aromatic amines is 1. The van der Waals surface area contributed by atoms with E-state index in [2.05, 4.69) is 9.97 Å². The van der Waals surface area contributed by atoms with Crippen LogP contribution < -0.4 is 4.74 Å². The van der Waals surface area contributed by atoms with Crippen molar-refractivity contribution in [3.05, 3.63) is 24.3 Å². The van der Waals surface area contributed by atoms with Crippen molar-refractivity contribution in [2.75, 3.05) is 7.11 Å². The molecule has 0 aliphatic heterocycles. The summed E-state index contributed by atoms with van der Waals surface area (Å²) < 4.78 is 17.9. The minimum atomic E-state index is -0.338. The number of aromatic nitrogens is 2. The van der Waals surface area contributed by atoms with Crippen LogP contribution in [-0.4, -0.2) is 17.1 Å².